The number of aryl methyl sites for hydroxylation is 1. The number of alkyl halides is 1. The first kappa shape index (κ1) is 11.8. The molecule has 4 heteroatoms. The summed E-state index contributed by atoms with van der Waals surface area (Å²) >= 11 is 18.3. The van der Waals surface area contributed by atoms with Crippen LogP contribution in [0.25, 0.3) is 0 Å². The standard InChI is InChI=1S/C12H9Cl3O/c1-7-4-8(6-16-7)12(15)10-5-9(13)2-3-11(10)14/h2-6,12H,1H3. The molecule has 1 heterocycles. The summed E-state index contributed by atoms with van der Waals surface area (Å²) in [5, 5.41) is 0.872. The van der Waals surface area contributed by atoms with E-state index in [2.05, 4.69) is 0 Å². The molecule has 1 nitrogen and oxygen atoms in total. The molecule has 0 fully saturated rings. The molecule has 2 aromatic rings. The lowest BCUT2D eigenvalue weighted by Crippen LogP contribution is -1.92. The van der Waals surface area contributed by atoms with Gasteiger partial charge in [0.2, 0.25) is 0 Å². The molecule has 84 valence electrons. The van der Waals surface area contributed by atoms with Crippen molar-refractivity contribution in [2.75, 3.05) is 0 Å². The van der Waals surface area contributed by atoms with E-state index >= 15 is 0 Å². The molecule has 0 spiro atoms. The third-order valence-electron chi connectivity index (χ3n) is 2.27. The fourth-order valence-corrected chi connectivity index (χ4v) is 2.24. The van der Waals surface area contributed by atoms with Gasteiger partial charge in [0, 0.05) is 15.6 Å². The van der Waals surface area contributed by atoms with Crippen molar-refractivity contribution in [2.45, 2.75) is 12.3 Å². The number of furan rings is 1. The van der Waals surface area contributed by atoms with Crippen molar-refractivity contribution in [3.63, 3.8) is 0 Å². The average Bonchev–Trinajstić information content (AvgIpc) is 2.67. The van der Waals surface area contributed by atoms with Crippen LogP contribution in [0.4, 0.5) is 0 Å². The van der Waals surface area contributed by atoms with Crippen molar-refractivity contribution in [2.24, 2.45) is 0 Å². The van der Waals surface area contributed by atoms with Crippen LogP contribution in [-0.2, 0) is 0 Å². The van der Waals surface area contributed by atoms with Crippen LogP contribution < -0.4 is 0 Å². The fraction of sp³-hybridized carbons (Fsp3) is 0.167. The molecule has 0 saturated heterocycles. The lowest BCUT2D eigenvalue weighted by molar-refractivity contribution is 0.532. The average molecular weight is 276 g/mol. The van der Waals surface area contributed by atoms with Gasteiger partial charge in [0.05, 0.1) is 11.6 Å². The number of rotatable bonds is 2. The van der Waals surface area contributed by atoms with Gasteiger partial charge in [0.15, 0.2) is 0 Å². The minimum absolute atomic E-state index is 0.344. The molecule has 0 bridgehead atoms. The van der Waals surface area contributed by atoms with E-state index in [0.29, 0.717) is 10.0 Å². The van der Waals surface area contributed by atoms with Crippen molar-refractivity contribution in [1.82, 2.24) is 0 Å². The minimum Gasteiger partial charge on any atom is -0.469 e. The van der Waals surface area contributed by atoms with Gasteiger partial charge in [-0.2, -0.15) is 0 Å². The van der Waals surface area contributed by atoms with Crippen molar-refractivity contribution < 1.29 is 4.42 Å². The number of halogens is 3. The highest BCUT2D eigenvalue weighted by Gasteiger charge is 2.16. The fourth-order valence-electron chi connectivity index (χ4n) is 1.49. The van der Waals surface area contributed by atoms with E-state index in [9.17, 15) is 0 Å². The third kappa shape index (κ3) is 2.37. The summed E-state index contributed by atoms with van der Waals surface area (Å²) in [5.41, 5.74) is 1.67. The van der Waals surface area contributed by atoms with Crippen molar-refractivity contribution in [1.29, 1.82) is 0 Å². The molecular formula is C12H9Cl3O. The van der Waals surface area contributed by atoms with Crippen LogP contribution in [-0.4, -0.2) is 0 Å². The van der Waals surface area contributed by atoms with E-state index in [-0.39, 0.29) is 5.38 Å². The predicted molar refractivity (Wildman–Crippen MR) is 67.6 cm³/mol. The highest BCUT2D eigenvalue weighted by atomic mass is 35.5. The zero-order valence-corrected chi connectivity index (χ0v) is 10.8. The molecular weight excluding hydrogens is 266 g/mol. The quantitative estimate of drug-likeness (QED) is 0.685. The second-order valence-electron chi connectivity index (χ2n) is 3.52. The maximum atomic E-state index is 6.32. The van der Waals surface area contributed by atoms with Gasteiger partial charge in [-0.05, 0) is 36.8 Å². The second-order valence-corrected chi connectivity index (χ2v) is 4.80. The van der Waals surface area contributed by atoms with E-state index in [0.717, 1.165) is 16.9 Å². The first-order chi connectivity index (χ1) is 7.58. The van der Waals surface area contributed by atoms with Gasteiger partial charge in [0.1, 0.15) is 5.76 Å². The van der Waals surface area contributed by atoms with Crippen LogP contribution in [0.3, 0.4) is 0 Å². The molecule has 1 unspecified atom stereocenters. The zero-order valence-electron chi connectivity index (χ0n) is 8.51. The lowest BCUT2D eigenvalue weighted by Gasteiger charge is -2.09. The number of hydrogen-bond donors (Lipinski definition) is 0. The van der Waals surface area contributed by atoms with Gasteiger partial charge in [-0.1, -0.05) is 23.2 Å². The second kappa shape index (κ2) is 4.70. The lowest BCUT2D eigenvalue weighted by atomic mass is 10.1. The van der Waals surface area contributed by atoms with E-state index in [1.807, 2.05) is 13.0 Å². The Morgan fingerprint density at radius 1 is 1.19 bits per heavy atom. The van der Waals surface area contributed by atoms with E-state index in [4.69, 9.17) is 39.2 Å². The Morgan fingerprint density at radius 3 is 2.56 bits per heavy atom. The molecule has 1 atom stereocenters. The summed E-state index contributed by atoms with van der Waals surface area (Å²) in [4.78, 5) is 0. The van der Waals surface area contributed by atoms with Crippen LogP contribution in [0.2, 0.25) is 10.0 Å². The molecule has 0 aliphatic heterocycles. The first-order valence-corrected chi connectivity index (χ1v) is 5.91. The molecule has 1 aromatic carbocycles. The monoisotopic (exact) mass is 274 g/mol. The summed E-state index contributed by atoms with van der Waals surface area (Å²) in [6.45, 7) is 1.87. The summed E-state index contributed by atoms with van der Waals surface area (Å²) in [5.74, 6) is 0.818. The molecule has 1 aromatic heterocycles. The highest BCUT2D eigenvalue weighted by molar-refractivity contribution is 6.35. The summed E-state index contributed by atoms with van der Waals surface area (Å²) < 4.78 is 5.22. The van der Waals surface area contributed by atoms with Gasteiger partial charge >= 0.3 is 0 Å². The van der Waals surface area contributed by atoms with Crippen molar-refractivity contribution in [3.8, 4) is 0 Å². The molecule has 2 rings (SSSR count). The number of hydrogen-bond acceptors (Lipinski definition) is 1. The van der Waals surface area contributed by atoms with E-state index in [1.54, 1.807) is 24.5 Å². The Morgan fingerprint density at radius 2 is 1.94 bits per heavy atom. The van der Waals surface area contributed by atoms with E-state index < -0.39 is 0 Å². The zero-order chi connectivity index (χ0) is 11.7. The van der Waals surface area contributed by atoms with Crippen molar-refractivity contribution >= 4 is 34.8 Å². The van der Waals surface area contributed by atoms with E-state index in [1.165, 1.54) is 0 Å². The molecule has 0 amide bonds. The van der Waals surface area contributed by atoms with Gasteiger partial charge in [0.25, 0.3) is 0 Å². The van der Waals surface area contributed by atoms with Gasteiger partial charge < -0.3 is 4.42 Å². The maximum Gasteiger partial charge on any atom is 0.101 e. The van der Waals surface area contributed by atoms with Crippen LogP contribution in [0, 0.1) is 6.92 Å². The first-order valence-electron chi connectivity index (χ1n) is 4.72. The van der Waals surface area contributed by atoms with Gasteiger partial charge in [-0.3, -0.25) is 0 Å². The Kier molecular flexibility index (Phi) is 3.48. The van der Waals surface area contributed by atoms with Crippen LogP contribution in [0.1, 0.15) is 22.3 Å². The molecule has 0 aliphatic rings. The molecule has 0 radical (unpaired) electrons. The summed E-state index contributed by atoms with van der Waals surface area (Å²) in [6, 6.07) is 7.12. The largest absolute Gasteiger partial charge is 0.469 e. The Bertz CT molecular complexity index is 505. The minimum atomic E-state index is -0.344. The van der Waals surface area contributed by atoms with Crippen LogP contribution in [0.15, 0.2) is 34.9 Å². The normalized spacial score (nSPS) is 12.8. The Labute approximate surface area is 109 Å². The maximum absolute atomic E-state index is 6.32. The Balaban J connectivity index is 2.40. The van der Waals surface area contributed by atoms with Crippen molar-refractivity contribution in [3.05, 3.63) is 57.5 Å². The highest BCUT2D eigenvalue weighted by Crippen LogP contribution is 2.35. The third-order valence-corrected chi connectivity index (χ3v) is 3.34. The topological polar surface area (TPSA) is 13.1 Å². The summed E-state index contributed by atoms with van der Waals surface area (Å²) in [6.07, 6.45) is 1.63. The molecule has 0 aliphatic carbocycles. The van der Waals surface area contributed by atoms with Crippen LogP contribution >= 0.6 is 34.8 Å². The predicted octanol–water partition coefficient (Wildman–Crippen LogP) is 5.22. The molecule has 16 heavy (non-hydrogen) atoms. The van der Waals surface area contributed by atoms with Gasteiger partial charge in [-0.15, -0.1) is 11.6 Å². The molecule has 0 N–H and O–H groups in total. The summed E-state index contributed by atoms with van der Waals surface area (Å²) in [7, 11) is 0. The molecule has 0 saturated carbocycles. The van der Waals surface area contributed by atoms with Crippen LogP contribution in [0.5, 0.6) is 0 Å². The SMILES string of the molecule is Cc1cc(C(Cl)c2cc(Cl)ccc2Cl)co1. The van der Waals surface area contributed by atoms with Gasteiger partial charge in [-0.25, -0.2) is 0 Å². The smallest absolute Gasteiger partial charge is 0.101 e. The Hall–Kier alpha value is -0.630. The number of benzene rings is 1.